The van der Waals surface area contributed by atoms with Crippen LogP contribution in [0.1, 0.15) is 34.0 Å². The number of aromatic nitrogens is 1. The standard InChI is InChI=1S/C22H24ClN3O/c1-15-4-2-3-5-19(15)16-8-10-26(14-16)11-9-24-22(27)21-13-17-12-18(23)6-7-20(17)25-21/h2-7,12-13,16,25H,8-11,14H2,1H3,(H,24,27). The van der Waals surface area contributed by atoms with Gasteiger partial charge in [-0.3, -0.25) is 4.79 Å². The highest BCUT2D eigenvalue weighted by Crippen LogP contribution is 2.29. The van der Waals surface area contributed by atoms with E-state index < -0.39 is 0 Å². The fraction of sp³-hybridized carbons (Fsp3) is 0.318. The second-order valence-electron chi connectivity index (χ2n) is 7.31. The number of likely N-dealkylation sites (tertiary alicyclic amines) is 1. The number of hydrogen-bond donors (Lipinski definition) is 2. The Labute approximate surface area is 164 Å². The minimum atomic E-state index is -0.0722. The number of nitrogens with zero attached hydrogens (tertiary/aromatic N) is 1. The van der Waals surface area contributed by atoms with E-state index in [1.165, 1.54) is 17.5 Å². The lowest BCUT2D eigenvalue weighted by Gasteiger charge is -2.17. The van der Waals surface area contributed by atoms with Crippen LogP contribution >= 0.6 is 11.6 Å². The summed E-state index contributed by atoms with van der Waals surface area (Å²) < 4.78 is 0. The van der Waals surface area contributed by atoms with Gasteiger partial charge in [-0.05, 0) is 61.2 Å². The Balaban J connectivity index is 1.29. The lowest BCUT2D eigenvalue weighted by molar-refractivity contribution is 0.0945. The highest BCUT2D eigenvalue weighted by Gasteiger charge is 2.24. The van der Waals surface area contributed by atoms with Crippen LogP contribution in [-0.2, 0) is 0 Å². The van der Waals surface area contributed by atoms with Crippen LogP contribution in [0.5, 0.6) is 0 Å². The van der Waals surface area contributed by atoms with E-state index in [1.807, 2.05) is 24.3 Å². The Morgan fingerprint density at radius 3 is 2.96 bits per heavy atom. The van der Waals surface area contributed by atoms with Gasteiger partial charge in [0, 0.05) is 35.6 Å². The van der Waals surface area contributed by atoms with Crippen molar-refractivity contribution in [2.75, 3.05) is 26.2 Å². The van der Waals surface area contributed by atoms with E-state index in [1.54, 1.807) is 0 Å². The summed E-state index contributed by atoms with van der Waals surface area (Å²) in [6, 6.07) is 16.1. The van der Waals surface area contributed by atoms with E-state index in [2.05, 4.69) is 46.4 Å². The molecule has 2 N–H and O–H groups in total. The lowest BCUT2D eigenvalue weighted by Crippen LogP contribution is -2.34. The molecule has 1 unspecified atom stereocenters. The number of rotatable bonds is 5. The molecule has 2 heterocycles. The van der Waals surface area contributed by atoms with Crippen LogP contribution in [0.4, 0.5) is 0 Å². The van der Waals surface area contributed by atoms with Gasteiger partial charge in [-0.1, -0.05) is 35.9 Å². The van der Waals surface area contributed by atoms with Crippen molar-refractivity contribution in [3.63, 3.8) is 0 Å². The number of hydrogen-bond acceptors (Lipinski definition) is 2. The first-order valence-corrected chi connectivity index (χ1v) is 9.82. The van der Waals surface area contributed by atoms with Gasteiger partial charge in [0.2, 0.25) is 0 Å². The van der Waals surface area contributed by atoms with Crippen molar-refractivity contribution in [1.82, 2.24) is 15.2 Å². The molecule has 4 nitrogen and oxygen atoms in total. The molecular weight excluding hydrogens is 358 g/mol. The van der Waals surface area contributed by atoms with E-state index in [4.69, 9.17) is 11.6 Å². The molecule has 0 saturated carbocycles. The topological polar surface area (TPSA) is 48.1 Å². The number of benzene rings is 2. The van der Waals surface area contributed by atoms with Crippen LogP contribution in [0.15, 0.2) is 48.5 Å². The third kappa shape index (κ3) is 4.02. The monoisotopic (exact) mass is 381 g/mol. The summed E-state index contributed by atoms with van der Waals surface area (Å²) >= 11 is 6.01. The number of nitrogens with one attached hydrogen (secondary N) is 2. The Bertz CT molecular complexity index is 965. The summed E-state index contributed by atoms with van der Waals surface area (Å²) in [4.78, 5) is 18.0. The molecule has 1 amide bonds. The maximum Gasteiger partial charge on any atom is 0.267 e. The molecule has 1 atom stereocenters. The third-order valence-electron chi connectivity index (χ3n) is 5.44. The van der Waals surface area contributed by atoms with Gasteiger partial charge >= 0.3 is 0 Å². The van der Waals surface area contributed by atoms with Crippen molar-refractivity contribution >= 4 is 28.4 Å². The van der Waals surface area contributed by atoms with Crippen LogP contribution in [-0.4, -0.2) is 42.0 Å². The van der Waals surface area contributed by atoms with Crippen molar-refractivity contribution in [3.05, 3.63) is 70.4 Å². The lowest BCUT2D eigenvalue weighted by atomic mass is 9.94. The molecule has 0 radical (unpaired) electrons. The highest BCUT2D eigenvalue weighted by molar-refractivity contribution is 6.31. The number of carbonyl (C=O) groups excluding carboxylic acids is 1. The summed E-state index contributed by atoms with van der Waals surface area (Å²) in [6.07, 6.45) is 1.18. The van der Waals surface area contributed by atoms with E-state index in [-0.39, 0.29) is 5.91 Å². The number of fused-ring (bicyclic) bond motifs is 1. The highest BCUT2D eigenvalue weighted by atomic mass is 35.5. The molecule has 1 saturated heterocycles. The van der Waals surface area contributed by atoms with Crippen LogP contribution in [0.3, 0.4) is 0 Å². The molecule has 27 heavy (non-hydrogen) atoms. The molecule has 5 heteroatoms. The predicted molar refractivity (Wildman–Crippen MR) is 111 cm³/mol. The van der Waals surface area contributed by atoms with Crippen molar-refractivity contribution in [3.8, 4) is 0 Å². The number of H-pyrrole nitrogens is 1. The first-order valence-electron chi connectivity index (χ1n) is 9.44. The fourth-order valence-electron chi connectivity index (χ4n) is 3.98. The summed E-state index contributed by atoms with van der Waals surface area (Å²) in [6.45, 7) is 5.85. The molecule has 1 fully saturated rings. The molecule has 0 bridgehead atoms. The maximum atomic E-state index is 12.4. The number of aromatic amines is 1. The van der Waals surface area contributed by atoms with Gasteiger partial charge in [-0.15, -0.1) is 0 Å². The first kappa shape index (κ1) is 18.1. The number of carbonyl (C=O) groups is 1. The summed E-state index contributed by atoms with van der Waals surface area (Å²) in [5.41, 5.74) is 4.33. The number of halogens is 1. The summed E-state index contributed by atoms with van der Waals surface area (Å²) in [7, 11) is 0. The molecule has 3 aromatic rings. The Morgan fingerprint density at radius 2 is 2.11 bits per heavy atom. The average molecular weight is 382 g/mol. The van der Waals surface area contributed by atoms with E-state index in [0.29, 0.717) is 23.2 Å². The quantitative estimate of drug-likeness (QED) is 0.690. The van der Waals surface area contributed by atoms with Crippen molar-refractivity contribution < 1.29 is 4.79 Å². The van der Waals surface area contributed by atoms with E-state index >= 15 is 0 Å². The molecule has 0 aliphatic carbocycles. The van der Waals surface area contributed by atoms with Gasteiger partial charge in [0.05, 0.1) is 0 Å². The fourth-order valence-corrected chi connectivity index (χ4v) is 4.16. The molecule has 1 aliphatic rings. The minimum absolute atomic E-state index is 0.0722. The molecule has 1 aliphatic heterocycles. The first-order chi connectivity index (χ1) is 13.1. The second-order valence-corrected chi connectivity index (χ2v) is 7.75. The predicted octanol–water partition coefficient (Wildman–Crippen LogP) is 4.35. The molecule has 0 spiro atoms. The SMILES string of the molecule is Cc1ccccc1C1CCN(CCNC(=O)c2cc3cc(Cl)ccc3[nH]2)C1. The molecular formula is C22H24ClN3O. The average Bonchev–Trinajstić information content (AvgIpc) is 3.28. The van der Waals surface area contributed by atoms with Crippen molar-refractivity contribution in [1.29, 1.82) is 0 Å². The molecule has 2 aromatic carbocycles. The smallest absolute Gasteiger partial charge is 0.267 e. The van der Waals surface area contributed by atoms with Gasteiger partial charge in [0.15, 0.2) is 0 Å². The zero-order chi connectivity index (χ0) is 18.8. The molecule has 140 valence electrons. The normalized spacial score (nSPS) is 17.5. The molecule has 1 aromatic heterocycles. The van der Waals surface area contributed by atoms with Gasteiger partial charge in [0.1, 0.15) is 5.69 Å². The Kier molecular flexibility index (Phi) is 5.19. The van der Waals surface area contributed by atoms with E-state index in [9.17, 15) is 4.79 Å². The molecule has 4 rings (SSSR count). The van der Waals surface area contributed by atoms with E-state index in [0.717, 1.165) is 30.5 Å². The van der Waals surface area contributed by atoms with Crippen LogP contribution in [0.2, 0.25) is 5.02 Å². The van der Waals surface area contributed by atoms with Crippen LogP contribution in [0.25, 0.3) is 10.9 Å². The van der Waals surface area contributed by atoms with Crippen molar-refractivity contribution in [2.24, 2.45) is 0 Å². The number of aryl methyl sites for hydroxylation is 1. The van der Waals surface area contributed by atoms with Gasteiger partial charge in [-0.25, -0.2) is 0 Å². The Morgan fingerprint density at radius 1 is 1.26 bits per heavy atom. The van der Waals surface area contributed by atoms with Crippen molar-refractivity contribution in [2.45, 2.75) is 19.3 Å². The van der Waals surface area contributed by atoms with Gasteiger partial charge in [-0.2, -0.15) is 0 Å². The van der Waals surface area contributed by atoms with Crippen LogP contribution < -0.4 is 5.32 Å². The largest absolute Gasteiger partial charge is 0.351 e. The van der Waals surface area contributed by atoms with Gasteiger partial charge in [0.25, 0.3) is 5.91 Å². The zero-order valence-electron chi connectivity index (χ0n) is 15.5. The minimum Gasteiger partial charge on any atom is -0.351 e. The summed E-state index contributed by atoms with van der Waals surface area (Å²) in [5.74, 6) is 0.525. The van der Waals surface area contributed by atoms with Gasteiger partial charge < -0.3 is 15.2 Å². The second kappa shape index (κ2) is 7.75. The maximum absolute atomic E-state index is 12.4. The zero-order valence-corrected chi connectivity index (χ0v) is 16.2. The number of amides is 1. The Hall–Kier alpha value is -2.30. The third-order valence-corrected chi connectivity index (χ3v) is 5.68. The van der Waals surface area contributed by atoms with Crippen LogP contribution in [0, 0.1) is 6.92 Å². The summed E-state index contributed by atoms with van der Waals surface area (Å²) in [5, 5.41) is 4.65.